The lowest BCUT2D eigenvalue weighted by molar-refractivity contribution is -0.138. The Kier molecular flexibility index (Phi) is 5.08. The van der Waals surface area contributed by atoms with Crippen molar-refractivity contribution in [3.8, 4) is 0 Å². The summed E-state index contributed by atoms with van der Waals surface area (Å²) >= 11 is 15.2. The van der Waals surface area contributed by atoms with Crippen LogP contribution in [-0.2, 0) is 11.2 Å². The van der Waals surface area contributed by atoms with E-state index in [2.05, 4.69) is 15.9 Å². The Balaban J connectivity index is 2.30. The third-order valence-corrected chi connectivity index (χ3v) is 4.21. The maximum atomic E-state index is 11.5. The van der Waals surface area contributed by atoms with E-state index < -0.39 is 11.9 Å². The number of rotatable bonds is 4. The summed E-state index contributed by atoms with van der Waals surface area (Å²) in [6.07, 6.45) is 0.364. The van der Waals surface area contributed by atoms with Gasteiger partial charge in [-0.1, -0.05) is 57.3 Å². The Hall–Kier alpha value is -1.03. The highest BCUT2D eigenvalue weighted by atomic mass is 79.9. The van der Waals surface area contributed by atoms with Crippen molar-refractivity contribution < 1.29 is 9.90 Å². The van der Waals surface area contributed by atoms with Gasteiger partial charge in [-0.05, 0) is 41.8 Å². The zero-order valence-corrected chi connectivity index (χ0v) is 13.4. The lowest BCUT2D eigenvalue weighted by Gasteiger charge is -2.13. The molecular formula is C15H11BrCl2O2. The quantitative estimate of drug-likeness (QED) is 0.802. The molecule has 20 heavy (non-hydrogen) atoms. The van der Waals surface area contributed by atoms with Crippen LogP contribution in [0.3, 0.4) is 0 Å². The summed E-state index contributed by atoms with van der Waals surface area (Å²) in [6, 6.07) is 12.5. The monoisotopic (exact) mass is 372 g/mol. The van der Waals surface area contributed by atoms with Crippen molar-refractivity contribution in [2.75, 3.05) is 0 Å². The molecule has 0 aromatic heterocycles. The van der Waals surface area contributed by atoms with Crippen LogP contribution in [0, 0.1) is 0 Å². The van der Waals surface area contributed by atoms with Gasteiger partial charge in [-0.2, -0.15) is 0 Å². The lowest BCUT2D eigenvalue weighted by atomic mass is 9.92. The van der Waals surface area contributed by atoms with E-state index in [1.54, 1.807) is 24.3 Å². The van der Waals surface area contributed by atoms with Crippen LogP contribution in [0.25, 0.3) is 0 Å². The third-order valence-electron chi connectivity index (χ3n) is 2.97. The molecule has 0 fully saturated rings. The molecule has 2 rings (SSSR count). The highest BCUT2D eigenvalue weighted by Crippen LogP contribution is 2.28. The zero-order chi connectivity index (χ0) is 14.7. The van der Waals surface area contributed by atoms with Crippen LogP contribution in [0.1, 0.15) is 17.0 Å². The second-order valence-electron chi connectivity index (χ2n) is 4.40. The molecule has 2 nitrogen and oxygen atoms in total. The van der Waals surface area contributed by atoms with Gasteiger partial charge in [-0.25, -0.2) is 0 Å². The van der Waals surface area contributed by atoms with E-state index in [0.717, 1.165) is 15.6 Å². The van der Waals surface area contributed by atoms with Crippen molar-refractivity contribution in [3.05, 3.63) is 68.1 Å². The molecule has 2 aromatic rings. The average molecular weight is 374 g/mol. The third kappa shape index (κ3) is 3.75. The maximum absolute atomic E-state index is 11.5. The fraction of sp³-hybridized carbons (Fsp3) is 0.133. The first kappa shape index (κ1) is 15.4. The Morgan fingerprint density at radius 2 is 1.90 bits per heavy atom. The molecule has 0 aliphatic rings. The maximum Gasteiger partial charge on any atom is 0.311 e. The molecule has 0 saturated carbocycles. The van der Waals surface area contributed by atoms with Crippen LogP contribution < -0.4 is 0 Å². The predicted octanol–water partition coefficient (Wildman–Crippen LogP) is 5.17. The van der Waals surface area contributed by atoms with Crippen molar-refractivity contribution in [2.24, 2.45) is 0 Å². The summed E-state index contributed by atoms with van der Waals surface area (Å²) < 4.78 is 0.857. The standard InChI is InChI=1S/C15H11BrCl2O2/c16-11-3-1-2-10(8-11)12(15(19)20)6-9-4-5-13(17)14(18)7-9/h1-5,7-8,12H,6H2,(H,19,20). The van der Waals surface area contributed by atoms with E-state index in [1.807, 2.05) is 18.2 Å². The van der Waals surface area contributed by atoms with Gasteiger partial charge in [0.1, 0.15) is 0 Å². The fourth-order valence-electron chi connectivity index (χ4n) is 1.97. The summed E-state index contributed by atoms with van der Waals surface area (Å²) in [5.74, 6) is -1.49. The van der Waals surface area contributed by atoms with Crippen molar-refractivity contribution in [1.29, 1.82) is 0 Å². The highest BCUT2D eigenvalue weighted by Gasteiger charge is 2.20. The Morgan fingerprint density at radius 1 is 1.15 bits per heavy atom. The van der Waals surface area contributed by atoms with Gasteiger partial charge in [-0.15, -0.1) is 0 Å². The molecule has 1 unspecified atom stereocenters. The molecule has 0 aliphatic heterocycles. The minimum Gasteiger partial charge on any atom is -0.481 e. The molecule has 5 heteroatoms. The van der Waals surface area contributed by atoms with Crippen LogP contribution in [0.15, 0.2) is 46.9 Å². The van der Waals surface area contributed by atoms with Gasteiger partial charge in [0.2, 0.25) is 0 Å². The van der Waals surface area contributed by atoms with Gasteiger partial charge in [-0.3, -0.25) is 4.79 Å². The van der Waals surface area contributed by atoms with Crippen molar-refractivity contribution in [1.82, 2.24) is 0 Å². The lowest BCUT2D eigenvalue weighted by Crippen LogP contribution is -2.14. The van der Waals surface area contributed by atoms with E-state index in [1.165, 1.54) is 0 Å². The van der Waals surface area contributed by atoms with Crippen LogP contribution in [-0.4, -0.2) is 11.1 Å². The highest BCUT2D eigenvalue weighted by molar-refractivity contribution is 9.10. The smallest absolute Gasteiger partial charge is 0.311 e. The second-order valence-corrected chi connectivity index (χ2v) is 6.13. The van der Waals surface area contributed by atoms with E-state index in [0.29, 0.717) is 16.5 Å². The molecule has 2 aromatic carbocycles. The first-order valence-electron chi connectivity index (χ1n) is 5.89. The van der Waals surface area contributed by atoms with Gasteiger partial charge in [0.05, 0.1) is 16.0 Å². The number of carboxylic acids is 1. The normalized spacial score (nSPS) is 12.2. The number of hydrogen-bond acceptors (Lipinski definition) is 1. The molecular weight excluding hydrogens is 363 g/mol. The van der Waals surface area contributed by atoms with Gasteiger partial charge >= 0.3 is 5.97 Å². The van der Waals surface area contributed by atoms with Crippen molar-refractivity contribution >= 4 is 45.1 Å². The number of aliphatic carboxylic acids is 1. The Morgan fingerprint density at radius 3 is 2.50 bits per heavy atom. The SMILES string of the molecule is O=C(O)C(Cc1ccc(Cl)c(Cl)c1)c1cccc(Br)c1. The van der Waals surface area contributed by atoms with Crippen molar-refractivity contribution in [2.45, 2.75) is 12.3 Å². The first-order chi connectivity index (χ1) is 9.47. The van der Waals surface area contributed by atoms with Crippen molar-refractivity contribution in [3.63, 3.8) is 0 Å². The topological polar surface area (TPSA) is 37.3 Å². The van der Waals surface area contributed by atoms with Crippen LogP contribution in [0.5, 0.6) is 0 Å². The Bertz CT molecular complexity index is 644. The summed E-state index contributed by atoms with van der Waals surface area (Å²) in [6.45, 7) is 0. The summed E-state index contributed by atoms with van der Waals surface area (Å²) in [4.78, 5) is 11.5. The fourth-order valence-corrected chi connectivity index (χ4v) is 2.71. The number of carboxylic acid groups (broad SMARTS) is 1. The van der Waals surface area contributed by atoms with E-state index in [9.17, 15) is 9.90 Å². The minimum atomic E-state index is -0.867. The molecule has 0 amide bonds. The van der Waals surface area contributed by atoms with E-state index >= 15 is 0 Å². The van der Waals surface area contributed by atoms with Gasteiger partial charge in [0.15, 0.2) is 0 Å². The van der Waals surface area contributed by atoms with E-state index in [4.69, 9.17) is 23.2 Å². The molecule has 0 radical (unpaired) electrons. The number of benzene rings is 2. The van der Waals surface area contributed by atoms with Gasteiger partial charge in [0, 0.05) is 4.47 Å². The van der Waals surface area contributed by atoms with Crippen LogP contribution in [0.2, 0.25) is 10.0 Å². The van der Waals surface area contributed by atoms with Gasteiger partial charge < -0.3 is 5.11 Å². The number of hydrogen-bond donors (Lipinski definition) is 1. The van der Waals surface area contributed by atoms with Crippen LogP contribution in [0.4, 0.5) is 0 Å². The summed E-state index contributed by atoms with van der Waals surface area (Å²) in [5, 5.41) is 10.3. The number of carbonyl (C=O) groups is 1. The molecule has 104 valence electrons. The average Bonchev–Trinajstić information content (AvgIpc) is 2.39. The predicted molar refractivity (Wildman–Crippen MR) is 84.7 cm³/mol. The molecule has 0 saturated heterocycles. The van der Waals surface area contributed by atoms with E-state index in [-0.39, 0.29) is 0 Å². The zero-order valence-electron chi connectivity index (χ0n) is 10.3. The number of halogens is 3. The Labute approximate surface area is 135 Å². The van der Waals surface area contributed by atoms with Crippen LogP contribution >= 0.6 is 39.1 Å². The summed E-state index contributed by atoms with van der Waals surface area (Å²) in [7, 11) is 0. The van der Waals surface area contributed by atoms with Gasteiger partial charge in [0.25, 0.3) is 0 Å². The second kappa shape index (κ2) is 6.61. The summed E-state index contributed by atoms with van der Waals surface area (Å²) in [5.41, 5.74) is 1.59. The molecule has 0 bridgehead atoms. The minimum absolute atomic E-state index is 0.364. The molecule has 0 aliphatic carbocycles. The molecule has 0 heterocycles. The molecule has 1 N–H and O–H groups in total. The first-order valence-corrected chi connectivity index (χ1v) is 7.44. The molecule has 1 atom stereocenters. The largest absolute Gasteiger partial charge is 0.481 e. The molecule has 0 spiro atoms.